The van der Waals surface area contributed by atoms with Gasteiger partial charge in [-0.05, 0) is 13.0 Å². The number of benzene rings is 1. The summed E-state index contributed by atoms with van der Waals surface area (Å²) in [6.45, 7) is 1.28. The first kappa shape index (κ1) is 11.4. The Balaban J connectivity index is 3.27. The Bertz CT molecular complexity index is 390. The highest BCUT2D eigenvalue weighted by atomic mass is 19.2. The van der Waals surface area contributed by atoms with Gasteiger partial charge in [-0.15, -0.1) is 0 Å². The number of ether oxygens (including phenoxy) is 1. The lowest BCUT2D eigenvalue weighted by molar-refractivity contribution is -0.138. The lowest BCUT2D eigenvalue weighted by Gasteiger charge is -2.10. The number of halogens is 2. The van der Waals surface area contributed by atoms with E-state index in [4.69, 9.17) is 9.84 Å². The molecule has 0 aliphatic heterocycles. The summed E-state index contributed by atoms with van der Waals surface area (Å²) < 4.78 is 31.0. The first-order valence-electron chi connectivity index (χ1n) is 4.23. The van der Waals surface area contributed by atoms with Crippen LogP contribution in [0.15, 0.2) is 12.1 Å². The first-order valence-corrected chi connectivity index (χ1v) is 4.23. The maximum atomic E-state index is 13.2. The second-order valence-electron chi connectivity index (χ2n) is 3.07. The van der Waals surface area contributed by atoms with Gasteiger partial charge in [-0.1, -0.05) is 0 Å². The summed E-state index contributed by atoms with van der Waals surface area (Å²) in [4.78, 5) is 10.6. The molecule has 0 aromatic heterocycles. The third-order valence-corrected chi connectivity index (χ3v) is 2.10. The van der Waals surface area contributed by atoms with E-state index in [0.29, 0.717) is 0 Å². The summed E-state index contributed by atoms with van der Waals surface area (Å²) in [5.74, 6) is -4.50. The fourth-order valence-corrected chi connectivity index (χ4v) is 1.15. The van der Waals surface area contributed by atoms with Crippen molar-refractivity contribution in [3.8, 4) is 5.75 Å². The summed E-state index contributed by atoms with van der Waals surface area (Å²) >= 11 is 0. The molecule has 0 radical (unpaired) electrons. The standard InChI is InChI=1S/C10H10F2O3/c1-5(10(13)14)7-3-6(15-2)4-8(11)9(7)12/h3-5H,1-2H3,(H,13,14). The first-order chi connectivity index (χ1) is 6.97. The number of aliphatic carboxylic acids is 1. The summed E-state index contributed by atoms with van der Waals surface area (Å²) in [6, 6.07) is 2.05. The van der Waals surface area contributed by atoms with Gasteiger partial charge in [-0.3, -0.25) is 4.79 Å². The second kappa shape index (κ2) is 4.25. The lowest BCUT2D eigenvalue weighted by Crippen LogP contribution is -2.10. The molecule has 1 unspecified atom stereocenters. The average Bonchev–Trinajstić information content (AvgIpc) is 2.20. The second-order valence-corrected chi connectivity index (χ2v) is 3.07. The molecule has 0 aliphatic carbocycles. The molecular weight excluding hydrogens is 206 g/mol. The van der Waals surface area contributed by atoms with E-state index in [1.54, 1.807) is 0 Å². The van der Waals surface area contributed by atoms with Crippen molar-refractivity contribution in [1.82, 2.24) is 0 Å². The molecule has 3 nitrogen and oxygen atoms in total. The van der Waals surface area contributed by atoms with Gasteiger partial charge >= 0.3 is 5.97 Å². The predicted molar refractivity (Wildman–Crippen MR) is 49.0 cm³/mol. The van der Waals surface area contributed by atoms with Gasteiger partial charge in [0.15, 0.2) is 11.6 Å². The smallest absolute Gasteiger partial charge is 0.310 e. The van der Waals surface area contributed by atoms with E-state index in [9.17, 15) is 13.6 Å². The Hall–Kier alpha value is -1.65. The van der Waals surface area contributed by atoms with Gasteiger partial charge in [0.2, 0.25) is 0 Å². The predicted octanol–water partition coefficient (Wildman–Crippen LogP) is 2.16. The van der Waals surface area contributed by atoms with E-state index in [2.05, 4.69) is 0 Å². The molecule has 1 N–H and O–H groups in total. The zero-order valence-corrected chi connectivity index (χ0v) is 8.25. The summed E-state index contributed by atoms with van der Waals surface area (Å²) in [6.07, 6.45) is 0. The van der Waals surface area contributed by atoms with Crippen LogP contribution in [0, 0.1) is 11.6 Å². The third kappa shape index (κ3) is 2.23. The quantitative estimate of drug-likeness (QED) is 0.842. The minimum atomic E-state index is -1.22. The van der Waals surface area contributed by atoms with Crippen LogP contribution in [0.5, 0.6) is 5.75 Å². The molecule has 1 aromatic rings. The van der Waals surface area contributed by atoms with Crippen molar-refractivity contribution in [2.75, 3.05) is 7.11 Å². The summed E-state index contributed by atoms with van der Waals surface area (Å²) in [5.41, 5.74) is -0.223. The van der Waals surface area contributed by atoms with Crippen LogP contribution in [0.1, 0.15) is 18.4 Å². The Morgan fingerprint density at radius 2 is 2.07 bits per heavy atom. The van der Waals surface area contributed by atoms with Crippen molar-refractivity contribution in [3.63, 3.8) is 0 Å². The highest BCUT2D eigenvalue weighted by Crippen LogP contribution is 2.26. The molecule has 0 aliphatic rings. The molecule has 0 spiro atoms. The van der Waals surface area contributed by atoms with Crippen LogP contribution in [-0.2, 0) is 4.79 Å². The van der Waals surface area contributed by atoms with Crippen LogP contribution in [-0.4, -0.2) is 18.2 Å². The van der Waals surface area contributed by atoms with E-state index in [0.717, 1.165) is 6.07 Å². The number of hydrogen-bond acceptors (Lipinski definition) is 2. The molecule has 0 saturated heterocycles. The molecule has 15 heavy (non-hydrogen) atoms. The van der Waals surface area contributed by atoms with E-state index in [1.165, 1.54) is 20.1 Å². The Morgan fingerprint density at radius 1 is 1.47 bits per heavy atom. The number of methoxy groups -OCH3 is 1. The molecule has 0 amide bonds. The van der Waals surface area contributed by atoms with Gasteiger partial charge in [0, 0.05) is 11.6 Å². The average molecular weight is 216 g/mol. The Morgan fingerprint density at radius 3 is 2.53 bits per heavy atom. The lowest BCUT2D eigenvalue weighted by atomic mass is 10.0. The molecule has 82 valence electrons. The van der Waals surface area contributed by atoms with Gasteiger partial charge < -0.3 is 9.84 Å². The number of hydrogen-bond donors (Lipinski definition) is 1. The fraction of sp³-hybridized carbons (Fsp3) is 0.300. The third-order valence-electron chi connectivity index (χ3n) is 2.10. The van der Waals surface area contributed by atoms with Crippen LogP contribution < -0.4 is 4.74 Å². The SMILES string of the molecule is COc1cc(F)c(F)c(C(C)C(=O)O)c1. The highest BCUT2D eigenvalue weighted by Gasteiger charge is 2.21. The molecule has 5 heteroatoms. The van der Waals surface area contributed by atoms with Gasteiger partial charge in [-0.2, -0.15) is 0 Å². The van der Waals surface area contributed by atoms with Crippen molar-refractivity contribution in [2.45, 2.75) is 12.8 Å². The minimum Gasteiger partial charge on any atom is -0.497 e. The van der Waals surface area contributed by atoms with E-state index < -0.39 is 23.5 Å². The molecule has 1 atom stereocenters. The molecule has 0 bridgehead atoms. The van der Waals surface area contributed by atoms with Crippen molar-refractivity contribution in [2.24, 2.45) is 0 Å². The molecular formula is C10H10F2O3. The van der Waals surface area contributed by atoms with Crippen molar-refractivity contribution < 1.29 is 23.4 Å². The minimum absolute atomic E-state index is 0.0944. The van der Waals surface area contributed by atoms with Crippen LogP contribution in [0.25, 0.3) is 0 Å². The van der Waals surface area contributed by atoms with Crippen molar-refractivity contribution in [1.29, 1.82) is 0 Å². The maximum Gasteiger partial charge on any atom is 0.310 e. The summed E-state index contributed by atoms with van der Waals surface area (Å²) in [7, 11) is 1.29. The molecule has 0 heterocycles. The van der Waals surface area contributed by atoms with Crippen LogP contribution in [0.2, 0.25) is 0 Å². The Kier molecular flexibility index (Phi) is 3.24. The number of carbonyl (C=O) groups is 1. The molecule has 0 fully saturated rings. The van der Waals surface area contributed by atoms with Gasteiger partial charge in [-0.25, -0.2) is 8.78 Å². The monoisotopic (exact) mass is 216 g/mol. The number of carboxylic acid groups (broad SMARTS) is 1. The fourth-order valence-electron chi connectivity index (χ4n) is 1.15. The van der Waals surface area contributed by atoms with Gasteiger partial charge in [0.05, 0.1) is 13.0 Å². The molecule has 0 saturated carbocycles. The van der Waals surface area contributed by atoms with Crippen molar-refractivity contribution >= 4 is 5.97 Å². The van der Waals surface area contributed by atoms with Crippen molar-refractivity contribution in [3.05, 3.63) is 29.3 Å². The largest absolute Gasteiger partial charge is 0.497 e. The summed E-state index contributed by atoms with van der Waals surface area (Å²) in [5, 5.41) is 8.68. The van der Waals surface area contributed by atoms with E-state index >= 15 is 0 Å². The van der Waals surface area contributed by atoms with Crippen LogP contribution >= 0.6 is 0 Å². The number of carboxylic acids is 1. The van der Waals surface area contributed by atoms with Crippen LogP contribution in [0.4, 0.5) is 8.78 Å². The Labute approximate surface area is 85.3 Å². The van der Waals surface area contributed by atoms with Gasteiger partial charge in [0.25, 0.3) is 0 Å². The van der Waals surface area contributed by atoms with Gasteiger partial charge in [0.1, 0.15) is 5.75 Å². The normalized spacial score (nSPS) is 12.3. The maximum absolute atomic E-state index is 13.2. The van der Waals surface area contributed by atoms with E-state index in [1.807, 2.05) is 0 Å². The topological polar surface area (TPSA) is 46.5 Å². The molecule has 1 aromatic carbocycles. The molecule has 1 rings (SSSR count). The van der Waals surface area contributed by atoms with Crippen LogP contribution in [0.3, 0.4) is 0 Å². The van der Waals surface area contributed by atoms with E-state index in [-0.39, 0.29) is 11.3 Å². The zero-order chi connectivity index (χ0) is 11.6. The highest BCUT2D eigenvalue weighted by molar-refractivity contribution is 5.75. The number of rotatable bonds is 3. The zero-order valence-electron chi connectivity index (χ0n) is 8.25.